The molecule has 1 rings (SSSR count). The summed E-state index contributed by atoms with van der Waals surface area (Å²) in [7, 11) is 0. The second-order valence-electron chi connectivity index (χ2n) is 5.38. The van der Waals surface area contributed by atoms with E-state index < -0.39 is 18.6 Å². The maximum Gasteiger partial charge on any atom is 0.320 e. The van der Waals surface area contributed by atoms with Crippen LogP contribution in [0.1, 0.15) is 26.3 Å². The zero-order chi connectivity index (χ0) is 12.5. The second kappa shape index (κ2) is 4.54. The van der Waals surface area contributed by atoms with Gasteiger partial charge < -0.3 is 5.02 Å². The van der Waals surface area contributed by atoms with Gasteiger partial charge in [0.15, 0.2) is 11.6 Å². The van der Waals surface area contributed by atoms with Gasteiger partial charge in [0.2, 0.25) is 0 Å². The molecule has 0 aliphatic heterocycles. The monoisotopic (exact) mass is 226 g/mol. The van der Waals surface area contributed by atoms with Crippen molar-refractivity contribution in [2.45, 2.75) is 34.0 Å². The van der Waals surface area contributed by atoms with Gasteiger partial charge in [0.25, 0.3) is 0 Å². The van der Waals surface area contributed by atoms with Crippen molar-refractivity contribution in [2.75, 3.05) is 0 Å². The Kier molecular flexibility index (Phi) is 3.74. The Bertz CT molecular complexity index is 383. The highest BCUT2D eigenvalue weighted by Crippen LogP contribution is 2.21. The molecule has 0 atom stereocenters. The van der Waals surface area contributed by atoms with Crippen LogP contribution in [-0.4, -0.2) is 11.9 Å². The fourth-order valence-corrected chi connectivity index (χ4v) is 1.72. The summed E-state index contributed by atoms with van der Waals surface area (Å²) in [6, 6.07) is 2.27. The smallest absolute Gasteiger partial charge is 0.320 e. The zero-order valence-corrected chi connectivity index (χ0v) is 10.1. The van der Waals surface area contributed by atoms with E-state index in [-0.39, 0.29) is 5.41 Å². The Balaban J connectivity index is 3.20. The summed E-state index contributed by atoms with van der Waals surface area (Å²) in [5, 5.41) is 9.53. The highest BCUT2D eigenvalue weighted by molar-refractivity contribution is 6.65. The first kappa shape index (κ1) is 13.2. The molecular formula is C12H17BF2O. The molecule has 16 heavy (non-hydrogen) atoms. The Morgan fingerprint density at radius 1 is 1.19 bits per heavy atom. The van der Waals surface area contributed by atoms with E-state index in [0.717, 1.165) is 6.07 Å². The molecule has 1 aromatic carbocycles. The van der Waals surface area contributed by atoms with Gasteiger partial charge in [0, 0.05) is 0 Å². The summed E-state index contributed by atoms with van der Waals surface area (Å²) in [5.41, 5.74) is 1.10. The Hall–Kier alpha value is -0.895. The summed E-state index contributed by atoms with van der Waals surface area (Å²) in [4.78, 5) is 0. The minimum atomic E-state index is -0.909. The van der Waals surface area contributed by atoms with E-state index in [9.17, 15) is 13.8 Å². The molecule has 0 aliphatic rings. The lowest BCUT2D eigenvalue weighted by Gasteiger charge is -2.21. The molecule has 1 aromatic rings. The van der Waals surface area contributed by atoms with Gasteiger partial charge in [-0.25, -0.2) is 8.78 Å². The summed E-state index contributed by atoms with van der Waals surface area (Å²) >= 11 is 0. The molecular weight excluding hydrogens is 209 g/mol. The molecule has 0 heterocycles. The fourth-order valence-electron chi connectivity index (χ4n) is 1.72. The highest BCUT2D eigenvalue weighted by Gasteiger charge is 2.20. The van der Waals surface area contributed by atoms with Crippen LogP contribution in [0.25, 0.3) is 0 Å². The number of rotatable bonds is 2. The number of hydrogen-bond acceptors (Lipinski definition) is 1. The van der Waals surface area contributed by atoms with E-state index in [1.54, 1.807) is 6.82 Å². The standard InChI is InChI=1S/C12H17BF2O/c1-12(2,3)7-8-5-10(14)11(15)6-9(8)13(4)16/h5-6,16H,7H2,1-4H3. The van der Waals surface area contributed by atoms with Crippen molar-refractivity contribution in [3.05, 3.63) is 29.3 Å². The van der Waals surface area contributed by atoms with Crippen LogP contribution in [0.3, 0.4) is 0 Å². The van der Waals surface area contributed by atoms with E-state index in [1.165, 1.54) is 6.07 Å². The molecule has 4 heteroatoms. The van der Waals surface area contributed by atoms with E-state index in [1.807, 2.05) is 20.8 Å². The fraction of sp³-hybridized carbons (Fsp3) is 0.500. The van der Waals surface area contributed by atoms with Crippen molar-refractivity contribution < 1.29 is 13.8 Å². The topological polar surface area (TPSA) is 20.2 Å². The van der Waals surface area contributed by atoms with Gasteiger partial charge in [-0.15, -0.1) is 0 Å². The van der Waals surface area contributed by atoms with Crippen LogP contribution in [0.15, 0.2) is 12.1 Å². The van der Waals surface area contributed by atoms with Gasteiger partial charge in [-0.3, -0.25) is 0 Å². The van der Waals surface area contributed by atoms with Crippen molar-refractivity contribution in [2.24, 2.45) is 5.41 Å². The van der Waals surface area contributed by atoms with Crippen molar-refractivity contribution in [3.63, 3.8) is 0 Å². The predicted molar refractivity (Wildman–Crippen MR) is 63.0 cm³/mol. The lowest BCUT2D eigenvalue weighted by molar-refractivity contribution is 0.409. The largest absolute Gasteiger partial charge is 0.446 e. The maximum absolute atomic E-state index is 13.1. The van der Waals surface area contributed by atoms with Gasteiger partial charge in [0.1, 0.15) is 0 Å². The van der Waals surface area contributed by atoms with E-state index in [2.05, 4.69) is 0 Å². The van der Waals surface area contributed by atoms with Gasteiger partial charge in [-0.05, 0) is 35.0 Å². The summed E-state index contributed by atoms with van der Waals surface area (Å²) < 4.78 is 26.2. The Morgan fingerprint density at radius 2 is 1.69 bits per heavy atom. The molecule has 0 fully saturated rings. The van der Waals surface area contributed by atoms with Crippen LogP contribution >= 0.6 is 0 Å². The van der Waals surface area contributed by atoms with Gasteiger partial charge in [-0.1, -0.05) is 27.6 Å². The van der Waals surface area contributed by atoms with Crippen molar-refractivity contribution in [3.8, 4) is 0 Å². The molecule has 0 aliphatic carbocycles. The predicted octanol–water partition coefficient (Wildman–Crippen LogP) is 2.37. The molecule has 1 N–H and O–H groups in total. The minimum Gasteiger partial charge on any atom is -0.446 e. The SMILES string of the molecule is CB(O)c1cc(F)c(F)cc1CC(C)(C)C. The molecule has 0 amide bonds. The number of benzene rings is 1. The molecule has 0 spiro atoms. The number of hydrogen-bond donors (Lipinski definition) is 1. The molecule has 0 unspecified atom stereocenters. The molecule has 0 radical (unpaired) electrons. The van der Waals surface area contributed by atoms with Crippen LogP contribution in [0.2, 0.25) is 6.82 Å². The highest BCUT2D eigenvalue weighted by atomic mass is 19.2. The van der Waals surface area contributed by atoms with Gasteiger partial charge in [0.05, 0.1) is 0 Å². The van der Waals surface area contributed by atoms with Crippen molar-refractivity contribution in [1.29, 1.82) is 0 Å². The first-order valence-corrected chi connectivity index (χ1v) is 5.36. The molecule has 88 valence electrons. The quantitative estimate of drug-likeness (QED) is 0.767. The molecule has 0 saturated heterocycles. The van der Waals surface area contributed by atoms with Crippen LogP contribution in [0.4, 0.5) is 8.78 Å². The maximum atomic E-state index is 13.1. The van der Waals surface area contributed by atoms with Crippen LogP contribution < -0.4 is 5.46 Å². The number of halogens is 2. The average molecular weight is 226 g/mol. The third-order valence-electron chi connectivity index (χ3n) is 2.35. The average Bonchev–Trinajstić information content (AvgIpc) is 2.07. The Labute approximate surface area is 95.6 Å². The summed E-state index contributed by atoms with van der Waals surface area (Å²) in [5.74, 6) is -1.77. The van der Waals surface area contributed by atoms with E-state index in [4.69, 9.17) is 0 Å². The van der Waals surface area contributed by atoms with Gasteiger partial charge in [-0.2, -0.15) is 0 Å². The lowest BCUT2D eigenvalue weighted by atomic mass is 9.61. The molecule has 1 nitrogen and oxygen atoms in total. The van der Waals surface area contributed by atoms with Crippen LogP contribution in [-0.2, 0) is 6.42 Å². The van der Waals surface area contributed by atoms with Gasteiger partial charge >= 0.3 is 6.92 Å². The van der Waals surface area contributed by atoms with Crippen LogP contribution in [0.5, 0.6) is 0 Å². The van der Waals surface area contributed by atoms with E-state index in [0.29, 0.717) is 17.4 Å². The molecule has 0 saturated carbocycles. The Morgan fingerprint density at radius 3 is 2.12 bits per heavy atom. The van der Waals surface area contributed by atoms with Crippen molar-refractivity contribution >= 4 is 12.4 Å². The third kappa shape index (κ3) is 3.30. The first-order chi connectivity index (χ1) is 7.20. The molecule has 0 bridgehead atoms. The summed E-state index contributed by atoms with van der Waals surface area (Å²) in [6.07, 6.45) is 0.602. The summed E-state index contributed by atoms with van der Waals surface area (Å²) in [6.45, 7) is 6.81. The normalized spacial score (nSPS) is 11.7. The van der Waals surface area contributed by atoms with Crippen LogP contribution in [0, 0.1) is 17.0 Å². The molecule has 0 aromatic heterocycles. The second-order valence-corrected chi connectivity index (χ2v) is 5.38. The first-order valence-electron chi connectivity index (χ1n) is 5.36. The zero-order valence-electron chi connectivity index (χ0n) is 10.1. The minimum absolute atomic E-state index is 0.0338. The third-order valence-corrected chi connectivity index (χ3v) is 2.35. The van der Waals surface area contributed by atoms with E-state index >= 15 is 0 Å². The lowest BCUT2D eigenvalue weighted by Crippen LogP contribution is -2.32. The van der Waals surface area contributed by atoms with Crippen molar-refractivity contribution in [1.82, 2.24) is 0 Å².